The molecule has 7 nitrogen and oxygen atoms in total. The van der Waals surface area contributed by atoms with Crippen LogP contribution < -0.4 is 16.6 Å². The molecule has 3 rings (SSSR count). The van der Waals surface area contributed by atoms with Crippen LogP contribution in [0.25, 0.3) is 10.9 Å². The lowest BCUT2D eigenvalue weighted by atomic mass is 10.1. The number of hydrogen-bond donors (Lipinski definition) is 3. The van der Waals surface area contributed by atoms with Crippen LogP contribution in [-0.4, -0.2) is 20.7 Å². The van der Waals surface area contributed by atoms with E-state index in [0.29, 0.717) is 17.0 Å². The maximum absolute atomic E-state index is 12.2. The van der Waals surface area contributed by atoms with Crippen LogP contribution in [-0.2, 0) is 7.05 Å². The third-order valence-electron chi connectivity index (χ3n) is 3.06. The molecule has 0 fully saturated rings. The zero-order valence-corrected chi connectivity index (χ0v) is 11.4. The quantitative estimate of drug-likeness (QED) is 0.499. The molecule has 3 aromatic rings. The van der Waals surface area contributed by atoms with E-state index in [1.54, 1.807) is 30.1 Å². The van der Waals surface area contributed by atoms with Gasteiger partial charge in [0.05, 0.1) is 11.2 Å². The van der Waals surface area contributed by atoms with Gasteiger partial charge in [-0.25, -0.2) is 4.98 Å². The summed E-state index contributed by atoms with van der Waals surface area (Å²) in [5.41, 5.74) is 4.20. The molecule has 0 spiro atoms. The van der Waals surface area contributed by atoms with Crippen LogP contribution in [0.15, 0.2) is 42.6 Å². The molecule has 0 aliphatic carbocycles. The Kier molecular flexibility index (Phi) is 3.25. The standard InChI is InChI=1S/C14H14N6O/c1-20-7-6-13(19-20)17-14(21)12-8-11(18-15)9-4-2-3-5-10(9)16-12/h2-8H,15H2,1H3,(H,16,18)(H,17,19,21). The Bertz CT molecular complexity index is 810. The lowest BCUT2D eigenvalue weighted by Crippen LogP contribution is -2.16. The fraction of sp³-hybridized carbons (Fsp3) is 0.0714. The highest BCUT2D eigenvalue weighted by atomic mass is 16.2. The van der Waals surface area contributed by atoms with Gasteiger partial charge >= 0.3 is 0 Å². The van der Waals surface area contributed by atoms with E-state index in [9.17, 15) is 4.79 Å². The van der Waals surface area contributed by atoms with Crippen molar-refractivity contribution in [2.45, 2.75) is 0 Å². The molecule has 0 atom stereocenters. The van der Waals surface area contributed by atoms with Gasteiger partial charge in [0.25, 0.3) is 5.91 Å². The summed E-state index contributed by atoms with van der Waals surface area (Å²) >= 11 is 0. The molecule has 21 heavy (non-hydrogen) atoms. The van der Waals surface area contributed by atoms with Gasteiger partial charge in [-0.2, -0.15) is 5.10 Å². The first-order valence-electron chi connectivity index (χ1n) is 6.35. The Morgan fingerprint density at radius 3 is 2.81 bits per heavy atom. The van der Waals surface area contributed by atoms with Crippen LogP contribution in [0.3, 0.4) is 0 Å². The first-order valence-corrected chi connectivity index (χ1v) is 6.35. The molecule has 2 aromatic heterocycles. The topological polar surface area (TPSA) is 97.9 Å². The molecule has 0 saturated heterocycles. The smallest absolute Gasteiger partial charge is 0.275 e. The molecule has 1 amide bonds. The first kappa shape index (κ1) is 13.1. The van der Waals surface area contributed by atoms with Gasteiger partial charge in [-0.15, -0.1) is 0 Å². The largest absolute Gasteiger partial charge is 0.323 e. The minimum Gasteiger partial charge on any atom is -0.323 e. The number of carbonyl (C=O) groups is 1. The van der Waals surface area contributed by atoms with E-state index in [1.165, 1.54) is 0 Å². The minimum absolute atomic E-state index is 0.271. The van der Waals surface area contributed by atoms with Crippen molar-refractivity contribution in [3.8, 4) is 0 Å². The van der Waals surface area contributed by atoms with E-state index in [-0.39, 0.29) is 11.6 Å². The Morgan fingerprint density at radius 2 is 2.10 bits per heavy atom. The van der Waals surface area contributed by atoms with E-state index in [1.807, 2.05) is 24.3 Å². The van der Waals surface area contributed by atoms with Gasteiger partial charge in [0, 0.05) is 24.7 Å². The van der Waals surface area contributed by atoms with Crippen molar-refractivity contribution in [3.63, 3.8) is 0 Å². The third-order valence-corrected chi connectivity index (χ3v) is 3.06. The van der Waals surface area contributed by atoms with E-state index in [0.717, 1.165) is 5.39 Å². The lowest BCUT2D eigenvalue weighted by Gasteiger charge is -2.08. The second kappa shape index (κ2) is 5.22. The zero-order chi connectivity index (χ0) is 14.8. The monoisotopic (exact) mass is 282 g/mol. The molecular weight excluding hydrogens is 268 g/mol. The number of carbonyl (C=O) groups excluding carboxylic acids is 1. The molecule has 4 N–H and O–H groups in total. The number of nitrogens with one attached hydrogen (secondary N) is 2. The Hall–Kier alpha value is -2.93. The minimum atomic E-state index is -0.337. The molecule has 0 bridgehead atoms. The predicted octanol–water partition coefficient (Wildman–Crippen LogP) is 1.51. The van der Waals surface area contributed by atoms with E-state index in [2.05, 4.69) is 20.8 Å². The van der Waals surface area contributed by atoms with E-state index < -0.39 is 0 Å². The third kappa shape index (κ3) is 2.54. The number of fused-ring (bicyclic) bond motifs is 1. The summed E-state index contributed by atoms with van der Waals surface area (Å²) in [7, 11) is 1.78. The van der Waals surface area contributed by atoms with Crippen LogP contribution in [0.1, 0.15) is 10.5 Å². The number of aryl methyl sites for hydroxylation is 1. The van der Waals surface area contributed by atoms with Crippen molar-refractivity contribution in [1.29, 1.82) is 0 Å². The van der Waals surface area contributed by atoms with Gasteiger partial charge in [0.1, 0.15) is 5.69 Å². The first-order chi connectivity index (χ1) is 10.2. The van der Waals surface area contributed by atoms with Gasteiger partial charge in [0.2, 0.25) is 0 Å². The SMILES string of the molecule is Cn1ccc(NC(=O)c2cc(NN)c3ccccc3n2)n1. The van der Waals surface area contributed by atoms with Gasteiger partial charge in [0.15, 0.2) is 5.82 Å². The fourth-order valence-corrected chi connectivity index (χ4v) is 2.07. The van der Waals surface area contributed by atoms with Crippen LogP contribution in [0.2, 0.25) is 0 Å². The van der Waals surface area contributed by atoms with Crippen molar-refractivity contribution >= 4 is 28.3 Å². The molecular formula is C14H14N6O. The molecule has 0 aliphatic rings. The number of rotatable bonds is 3. The van der Waals surface area contributed by atoms with Crippen molar-refractivity contribution in [3.05, 3.63) is 48.3 Å². The molecule has 0 unspecified atom stereocenters. The van der Waals surface area contributed by atoms with Gasteiger partial charge in [-0.05, 0) is 12.1 Å². The van der Waals surface area contributed by atoms with Crippen molar-refractivity contribution < 1.29 is 4.79 Å². The molecule has 0 aliphatic heterocycles. The van der Waals surface area contributed by atoms with E-state index >= 15 is 0 Å². The van der Waals surface area contributed by atoms with Crippen molar-refractivity contribution in [2.24, 2.45) is 12.9 Å². The summed E-state index contributed by atoms with van der Waals surface area (Å²) in [4.78, 5) is 16.6. The highest BCUT2D eigenvalue weighted by Gasteiger charge is 2.12. The summed E-state index contributed by atoms with van der Waals surface area (Å²) in [5, 5.41) is 7.65. The molecule has 1 aromatic carbocycles. The molecule has 0 saturated carbocycles. The Balaban J connectivity index is 1.98. The van der Waals surface area contributed by atoms with Crippen LogP contribution in [0.5, 0.6) is 0 Å². The predicted molar refractivity (Wildman–Crippen MR) is 80.7 cm³/mol. The number of nitrogens with two attached hydrogens (primary N) is 1. The number of pyridine rings is 1. The Labute approximate surface area is 120 Å². The number of aromatic nitrogens is 3. The fourth-order valence-electron chi connectivity index (χ4n) is 2.07. The number of nitrogen functional groups attached to an aromatic ring is 1. The van der Waals surface area contributed by atoms with Gasteiger partial charge < -0.3 is 10.7 Å². The molecule has 0 radical (unpaired) electrons. The van der Waals surface area contributed by atoms with Gasteiger partial charge in [-0.3, -0.25) is 15.3 Å². The summed E-state index contributed by atoms with van der Waals surface area (Å²) in [6.45, 7) is 0. The Morgan fingerprint density at radius 1 is 1.29 bits per heavy atom. The number of amides is 1. The lowest BCUT2D eigenvalue weighted by molar-refractivity contribution is 0.102. The van der Waals surface area contributed by atoms with Crippen molar-refractivity contribution in [2.75, 3.05) is 10.7 Å². The highest BCUT2D eigenvalue weighted by molar-refractivity contribution is 6.05. The maximum Gasteiger partial charge on any atom is 0.275 e. The second-order valence-corrected chi connectivity index (χ2v) is 4.55. The summed E-state index contributed by atoms with van der Waals surface area (Å²) in [6, 6.07) is 10.8. The number of benzene rings is 1. The maximum atomic E-state index is 12.2. The second-order valence-electron chi connectivity index (χ2n) is 4.55. The summed E-state index contributed by atoms with van der Waals surface area (Å²) in [6.07, 6.45) is 1.75. The average molecular weight is 282 g/mol. The summed E-state index contributed by atoms with van der Waals surface area (Å²) in [5.74, 6) is 5.65. The van der Waals surface area contributed by atoms with Crippen LogP contribution in [0.4, 0.5) is 11.5 Å². The highest BCUT2D eigenvalue weighted by Crippen LogP contribution is 2.22. The van der Waals surface area contributed by atoms with Crippen molar-refractivity contribution in [1.82, 2.24) is 14.8 Å². The van der Waals surface area contributed by atoms with Crippen LogP contribution in [0, 0.1) is 0 Å². The summed E-state index contributed by atoms with van der Waals surface area (Å²) < 4.78 is 1.61. The van der Waals surface area contributed by atoms with Crippen LogP contribution >= 0.6 is 0 Å². The molecule has 7 heteroatoms. The molecule has 2 heterocycles. The average Bonchev–Trinajstić information content (AvgIpc) is 2.91. The number of para-hydroxylation sites is 1. The number of hydrogen-bond acceptors (Lipinski definition) is 5. The van der Waals surface area contributed by atoms with E-state index in [4.69, 9.17) is 5.84 Å². The number of nitrogens with zero attached hydrogens (tertiary/aromatic N) is 3. The number of anilines is 2. The molecule has 106 valence electrons. The zero-order valence-electron chi connectivity index (χ0n) is 11.4. The normalized spacial score (nSPS) is 10.6. The van der Waals surface area contributed by atoms with Gasteiger partial charge in [-0.1, -0.05) is 18.2 Å². The number of hydrazine groups is 1.